The molecule has 62 valence electrons. The number of nitrogens with zero attached hydrogens (tertiary/aromatic N) is 1. The third kappa shape index (κ3) is 1.84. The maximum Gasteiger partial charge on any atom is 0.0429 e. The van der Waals surface area contributed by atoms with E-state index in [-0.39, 0.29) is 0 Å². The lowest BCUT2D eigenvalue weighted by Gasteiger charge is -2.09. The van der Waals surface area contributed by atoms with Crippen LogP contribution in [0.2, 0.25) is 0 Å². The van der Waals surface area contributed by atoms with E-state index in [1.54, 1.807) is 6.20 Å². The maximum absolute atomic E-state index is 5.25. The van der Waals surface area contributed by atoms with Crippen LogP contribution in [0.15, 0.2) is 18.5 Å². The minimum absolute atomic E-state index is 0.297. The third-order valence-electron chi connectivity index (χ3n) is 1.86. The van der Waals surface area contributed by atoms with Gasteiger partial charge in [-0.3, -0.25) is 4.98 Å². The molecule has 0 aliphatic heterocycles. The molecule has 0 saturated heterocycles. The first-order chi connectivity index (χ1) is 5.77. The van der Waals surface area contributed by atoms with Gasteiger partial charge in [0, 0.05) is 24.0 Å². The Morgan fingerprint density at radius 3 is 2.92 bits per heavy atom. The Bertz CT molecular complexity index is 299. The van der Waals surface area contributed by atoms with Gasteiger partial charge >= 0.3 is 0 Å². The second-order valence-corrected chi connectivity index (χ2v) is 2.66. The first-order valence-electron chi connectivity index (χ1n) is 3.86. The van der Waals surface area contributed by atoms with Crippen LogP contribution in [0, 0.1) is 12.3 Å². The highest BCUT2D eigenvalue weighted by Gasteiger charge is 2.01. The molecule has 2 nitrogen and oxygen atoms in total. The van der Waals surface area contributed by atoms with Crippen LogP contribution in [0.1, 0.15) is 24.1 Å². The molecule has 1 rings (SSSR count). The Kier molecular flexibility index (Phi) is 2.84. The van der Waals surface area contributed by atoms with Gasteiger partial charge in [-0.1, -0.05) is 5.92 Å². The first kappa shape index (κ1) is 8.76. The second kappa shape index (κ2) is 3.89. The highest BCUT2D eigenvalue weighted by molar-refractivity contribution is 5.32. The molecule has 0 aliphatic rings. The summed E-state index contributed by atoms with van der Waals surface area (Å²) in [6.07, 6.45) is 8.76. The fraction of sp³-hybridized carbons (Fsp3) is 0.300. The summed E-state index contributed by atoms with van der Waals surface area (Å²) >= 11 is 0. The van der Waals surface area contributed by atoms with Crippen LogP contribution in [0.4, 0.5) is 0 Å². The lowest BCUT2D eigenvalue weighted by molar-refractivity contribution is 0.649. The van der Waals surface area contributed by atoms with E-state index >= 15 is 0 Å². The van der Waals surface area contributed by atoms with Crippen molar-refractivity contribution in [2.24, 2.45) is 0 Å². The highest BCUT2D eigenvalue weighted by atomic mass is 14.9. The zero-order valence-electron chi connectivity index (χ0n) is 7.33. The molecule has 12 heavy (non-hydrogen) atoms. The van der Waals surface area contributed by atoms with E-state index in [0.717, 1.165) is 11.1 Å². The monoisotopic (exact) mass is 160 g/mol. The van der Waals surface area contributed by atoms with E-state index < -0.39 is 0 Å². The molecule has 1 aromatic rings. The number of hydrogen-bond donors (Lipinski definition) is 1. The van der Waals surface area contributed by atoms with E-state index in [9.17, 15) is 0 Å². The fourth-order valence-electron chi connectivity index (χ4n) is 0.940. The maximum atomic E-state index is 5.25. The van der Waals surface area contributed by atoms with Crippen molar-refractivity contribution >= 4 is 0 Å². The third-order valence-corrected chi connectivity index (χ3v) is 1.86. The Morgan fingerprint density at radius 2 is 2.33 bits per heavy atom. The second-order valence-electron chi connectivity index (χ2n) is 2.66. The molecule has 0 amide bonds. The average molecular weight is 160 g/mol. The van der Waals surface area contributed by atoms with Crippen LogP contribution in [0.3, 0.4) is 0 Å². The van der Waals surface area contributed by atoms with E-state index in [1.807, 2.05) is 19.3 Å². The molecule has 0 spiro atoms. The lowest BCUT2D eigenvalue weighted by atomic mass is 10.1. The van der Waals surface area contributed by atoms with Crippen molar-refractivity contribution in [3.63, 3.8) is 0 Å². The molecule has 1 N–H and O–H groups in total. The van der Waals surface area contributed by atoms with E-state index in [0.29, 0.717) is 6.04 Å². The average Bonchev–Trinajstić information content (AvgIpc) is 2.17. The molecule has 1 atom stereocenters. The van der Waals surface area contributed by atoms with Crippen LogP contribution < -0.4 is 5.32 Å². The fourth-order valence-corrected chi connectivity index (χ4v) is 0.940. The summed E-state index contributed by atoms with van der Waals surface area (Å²) in [5.41, 5.74) is 1.95. The molecule has 0 unspecified atom stereocenters. The van der Waals surface area contributed by atoms with Gasteiger partial charge in [0.2, 0.25) is 0 Å². The van der Waals surface area contributed by atoms with Crippen LogP contribution in [-0.4, -0.2) is 12.0 Å². The number of hydrogen-bond acceptors (Lipinski definition) is 2. The summed E-state index contributed by atoms with van der Waals surface area (Å²) in [5.74, 6) is 2.56. The zero-order valence-corrected chi connectivity index (χ0v) is 7.33. The van der Waals surface area contributed by atoms with Crippen molar-refractivity contribution in [3.05, 3.63) is 29.6 Å². The normalized spacial score (nSPS) is 12.1. The Balaban J connectivity index is 2.95. The minimum atomic E-state index is 0.297. The number of aromatic nitrogens is 1. The molecule has 0 fully saturated rings. The van der Waals surface area contributed by atoms with E-state index in [1.165, 1.54) is 0 Å². The SMILES string of the molecule is C#Cc1cncc([C@H](C)NC)c1. The van der Waals surface area contributed by atoms with Gasteiger partial charge in [-0.25, -0.2) is 0 Å². The number of terminal acetylenes is 1. The van der Waals surface area contributed by atoms with Gasteiger partial charge < -0.3 is 5.32 Å². The van der Waals surface area contributed by atoms with Crippen LogP contribution >= 0.6 is 0 Å². The van der Waals surface area contributed by atoms with E-state index in [2.05, 4.69) is 23.1 Å². The van der Waals surface area contributed by atoms with Gasteiger partial charge in [-0.15, -0.1) is 6.42 Å². The molecule has 1 aromatic heterocycles. The van der Waals surface area contributed by atoms with Gasteiger partial charge in [0.05, 0.1) is 0 Å². The van der Waals surface area contributed by atoms with Gasteiger partial charge in [-0.2, -0.15) is 0 Å². The summed E-state index contributed by atoms with van der Waals surface area (Å²) < 4.78 is 0. The number of nitrogens with one attached hydrogen (secondary N) is 1. The van der Waals surface area contributed by atoms with Crippen molar-refractivity contribution in [1.82, 2.24) is 10.3 Å². The van der Waals surface area contributed by atoms with E-state index in [4.69, 9.17) is 6.42 Å². The largest absolute Gasteiger partial charge is 0.313 e. The summed E-state index contributed by atoms with van der Waals surface area (Å²) in [4.78, 5) is 4.04. The van der Waals surface area contributed by atoms with Crippen LogP contribution in [0.25, 0.3) is 0 Å². The van der Waals surface area contributed by atoms with Gasteiger partial charge in [0.15, 0.2) is 0 Å². The van der Waals surface area contributed by atoms with Crippen LogP contribution in [-0.2, 0) is 0 Å². The van der Waals surface area contributed by atoms with Gasteiger partial charge in [0.25, 0.3) is 0 Å². The lowest BCUT2D eigenvalue weighted by Crippen LogP contribution is -2.12. The van der Waals surface area contributed by atoms with Crippen molar-refractivity contribution in [3.8, 4) is 12.3 Å². The molecule has 0 bridgehead atoms. The predicted octanol–water partition coefficient (Wildman–Crippen LogP) is 1.34. The van der Waals surface area contributed by atoms with Crippen LogP contribution in [0.5, 0.6) is 0 Å². The Morgan fingerprint density at radius 1 is 1.58 bits per heavy atom. The summed E-state index contributed by atoms with van der Waals surface area (Å²) in [6.45, 7) is 2.07. The molecular weight excluding hydrogens is 148 g/mol. The summed E-state index contributed by atoms with van der Waals surface area (Å²) in [5, 5.41) is 3.12. The topological polar surface area (TPSA) is 24.9 Å². The summed E-state index contributed by atoms with van der Waals surface area (Å²) in [7, 11) is 1.91. The molecule has 1 heterocycles. The Labute approximate surface area is 73.0 Å². The van der Waals surface area contributed by atoms with Gasteiger partial charge in [0.1, 0.15) is 0 Å². The quantitative estimate of drug-likeness (QED) is 0.660. The van der Waals surface area contributed by atoms with Crippen molar-refractivity contribution in [2.75, 3.05) is 7.05 Å². The predicted molar refractivity (Wildman–Crippen MR) is 49.6 cm³/mol. The van der Waals surface area contributed by atoms with Crippen molar-refractivity contribution in [2.45, 2.75) is 13.0 Å². The van der Waals surface area contributed by atoms with Crippen molar-refractivity contribution < 1.29 is 0 Å². The molecule has 0 radical (unpaired) electrons. The molecule has 0 saturated carbocycles. The Hall–Kier alpha value is -1.33. The van der Waals surface area contributed by atoms with Crippen molar-refractivity contribution in [1.29, 1.82) is 0 Å². The molecule has 0 aromatic carbocycles. The molecule has 0 aliphatic carbocycles. The molecule has 2 heteroatoms. The smallest absolute Gasteiger partial charge is 0.0429 e. The standard InChI is InChI=1S/C10H12N2/c1-4-9-5-10(7-12-6-9)8(2)11-3/h1,5-8,11H,2-3H3/t8-/m0/s1. The minimum Gasteiger partial charge on any atom is -0.313 e. The number of rotatable bonds is 2. The first-order valence-corrected chi connectivity index (χ1v) is 3.86. The highest BCUT2D eigenvalue weighted by Crippen LogP contribution is 2.10. The van der Waals surface area contributed by atoms with Gasteiger partial charge in [-0.05, 0) is 25.6 Å². The molecular formula is C10H12N2. The summed E-state index contributed by atoms with van der Waals surface area (Å²) in [6, 6.07) is 2.26. The zero-order chi connectivity index (χ0) is 8.97. The number of pyridine rings is 1.